The Hall–Kier alpha value is -2.22. The molecule has 0 bridgehead atoms. The van der Waals surface area contributed by atoms with Gasteiger partial charge in [-0.3, -0.25) is 14.5 Å². The first-order chi connectivity index (χ1) is 11.1. The van der Waals surface area contributed by atoms with Crippen LogP contribution in [0.3, 0.4) is 0 Å². The minimum atomic E-state index is -0.129. The molecule has 0 saturated carbocycles. The Morgan fingerprint density at radius 1 is 1.30 bits per heavy atom. The van der Waals surface area contributed by atoms with Crippen molar-refractivity contribution in [1.82, 2.24) is 24.7 Å². The number of anilines is 1. The van der Waals surface area contributed by atoms with Gasteiger partial charge < -0.3 is 4.90 Å². The average molecular weight is 330 g/mol. The lowest BCUT2D eigenvalue weighted by Gasteiger charge is -2.31. The van der Waals surface area contributed by atoms with Crippen molar-refractivity contribution in [2.45, 2.75) is 25.7 Å². The van der Waals surface area contributed by atoms with Crippen molar-refractivity contribution >= 4 is 28.3 Å². The van der Waals surface area contributed by atoms with Crippen LogP contribution in [0, 0.1) is 6.92 Å². The van der Waals surface area contributed by atoms with Gasteiger partial charge in [0.25, 0.3) is 5.56 Å². The minimum Gasteiger partial charge on any atom is -0.342 e. The molecule has 1 aliphatic rings. The van der Waals surface area contributed by atoms with Gasteiger partial charge in [0.15, 0.2) is 5.65 Å². The van der Waals surface area contributed by atoms with Gasteiger partial charge >= 0.3 is 0 Å². The molecule has 1 aliphatic heterocycles. The number of aryl methyl sites for hydroxylation is 2. The van der Waals surface area contributed by atoms with Gasteiger partial charge in [0.05, 0.1) is 11.2 Å². The number of nitrogens with zero attached hydrogens (tertiary/aromatic N) is 5. The lowest BCUT2D eigenvalue weighted by atomic mass is 9.98. The highest BCUT2D eigenvalue weighted by molar-refractivity contribution is 7.11. The zero-order valence-electron chi connectivity index (χ0n) is 13.1. The summed E-state index contributed by atoms with van der Waals surface area (Å²) in [5.41, 5.74) is 0.497. The van der Waals surface area contributed by atoms with Crippen molar-refractivity contribution in [3.63, 3.8) is 0 Å². The van der Waals surface area contributed by atoms with Gasteiger partial charge in [-0.1, -0.05) is 0 Å². The fourth-order valence-electron chi connectivity index (χ4n) is 3.07. The SMILES string of the molecule is Cc1cnc(C2CCN(c3nc4c(cnn4C)c(=O)[nH]3)CC2)s1. The lowest BCUT2D eigenvalue weighted by Crippen LogP contribution is -2.35. The van der Waals surface area contributed by atoms with Crippen molar-refractivity contribution in [3.8, 4) is 0 Å². The summed E-state index contributed by atoms with van der Waals surface area (Å²) in [7, 11) is 1.80. The number of aromatic nitrogens is 5. The Balaban J connectivity index is 1.56. The molecule has 4 rings (SSSR count). The second-order valence-corrected chi connectivity index (χ2v) is 7.23. The Bertz CT molecular complexity index is 902. The van der Waals surface area contributed by atoms with Crippen LogP contribution in [-0.2, 0) is 7.05 Å². The maximum atomic E-state index is 12.2. The number of piperidine rings is 1. The highest BCUT2D eigenvalue weighted by Gasteiger charge is 2.24. The van der Waals surface area contributed by atoms with Crippen LogP contribution in [0.2, 0.25) is 0 Å². The number of thiazole rings is 1. The highest BCUT2D eigenvalue weighted by atomic mass is 32.1. The van der Waals surface area contributed by atoms with Gasteiger partial charge in [-0.2, -0.15) is 10.1 Å². The molecule has 3 aromatic rings. The zero-order valence-corrected chi connectivity index (χ0v) is 13.9. The van der Waals surface area contributed by atoms with Crippen molar-refractivity contribution in [2.24, 2.45) is 7.05 Å². The van der Waals surface area contributed by atoms with Crippen LogP contribution < -0.4 is 10.5 Å². The van der Waals surface area contributed by atoms with E-state index in [2.05, 4.69) is 31.9 Å². The number of hydrogen-bond acceptors (Lipinski definition) is 6. The third-order valence-corrected chi connectivity index (χ3v) is 5.45. The number of fused-ring (bicyclic) bond motifs is 1. The fourth-order valence-corrected chi connectivity index (χ4v) is 4.01. The third-order valence-electron chi connectivity index (χ3n) is 4.37. The first kappa shape index (κ1) is 14.4. The predicted octanol–water partition coefficient (Wildman–Crippen LogP) is 1.81. The summed E-state index contributed by atoms with van der Waals surface area (Å²) in [6.45, 7) is 3.83. The molecule has 0 atom stereocenters. The highest BCUT2D eigenvalue weighted by Crippen LogP contribution is 2.31. The molecule has 4 heterocycles. The molecular formula is C15H18N6OS. The van der Waals surface area contributed by atoms with Gasteiger partial charge in [-0.05, 0) is 19.8 Å². The number of nitrogens with one attached hydrogen (secondary N) is 1. The van der Waals surface area contributed by atoms with Crippen LogP contribution in [0.25, 0.3) is 11.0 Å². The van der Waals surface area contributed by atoms with Gasteiger partial charge in [0.2, 0.25) is 5.95 Å². The van der Waals surface area contributed by atoms with E-state index in [1.807, 2.05) is 6.20 Å². The summed E-state index contributed by atoms with van der Waals surface area (Å²) < 4.78 is 1.64. The molecule has 0 radical (unpaired) electrons. The van der Waals surface area contributed by atoms with Crippen molar-refractivity contribution in [3.05, 3.63) is 32.6 Å². The van der Waals surface area contributed by atoms with Crippen LogP contribution in [0.1, 0.15) is 28.6 Å². The molecule has 7 nitrogen and oxygen atoms in total. The molecule has 8 heteroatoms. The van der Waals surface area contributed by atoms with Crippen molar-refractivity contribution < 1.29 is 0 Å². The topological polar surface area (TPSA) is 79.7 Å². The predicted molar refractivity (Wildman–Crippen MR) is 90.2 cm³/mol. The van der Waals surface area contributed by atoms with Crippen LogP contribution >= 0.6 is 11.3 Å². The Kier molecular flexibility index (Phi) is 3.41. The van der Waals surface area contributed by atoms with E-state index < -0.39 is 0 Å². The summed E-state index contributed by atoms with van der Waals surface area (Å²) in [6.07, 6.45) is 5.56. The Morgan fingerprint density at radius 2 is 2.09 bits per heavy atom. The second-order valence-electron chi connectivity index (χ2n) is 5.97. The Labute approximate surface area is 137 Å². The third kappa shape index (κ3) is 2.52. The largest absolute Gasteiger partial charge is 0.342 e. The van der Waals surface area contributed by atoms with Gasteiger partial charge in [-0.25, -0.2) is 4.98 Å². The molecular weight excluding hydrogens is 312 g/mol. The van der Waals surface area contributed by atoms with E-state index in [1.54, 1.807) is 29.3 Å². The van der Waals surface area contributed by atoms with Crippen molar-refractivity contribution in [1.29, 1.82) is 0 Å². The van der Waals surface area contributed by atoms with E-state index in [0.29, 0.717) is 22.9 Å². The molecule has 1 fully saturated rings. The quantitative estimate of drug-likeness (QED) is 0.775. The summed E-state index contributed by atoms with van der Waals surface area (Å²) in [5.74, 6) is 1.15. The average Bonchev–Trinajstić information content (AvgIpc) is 3.15. The molecule has 0 aromatic carbocycles. The van der Waals surface area contributed by atoms with Crippen LogP contribution in [0.5, 0.6) is 0 Å². The molecule has 0 amide bonds. The molecule has 23 heavy (non-hydrogen) atoms. The van der Waals surface area contributed by atoms with Crippen LogP contribution in [-0.4, -0.2) is 37.8 Å². The van der Waals surface area contributed by atoms with Gasteiger partial charge in [0, 0.05) is 37.1 Å². The molecule has 1 N–H and O–H groups in total. The van der Waals surface area contributed by atoms with Gasteiger partial charge in [-0.15, -0.1) is 11.3 Å². The molecule has 120 valence electrons. The maximum absolute atomic E-state index is 12.2. The second kappa shape index (κ2) is 5.45. The van der Waals surface area contributed by atoms with Gasteiger partial charge in [0.1, 0.15) is 5.39 Å². The molecule has 0 spiro atoms. The number of rotatable bonds is 2. The maximum Gasteiger partial charge on any atom is 0.263 e. The van der Waals surface area contributed by atoms with E-state index in [0.717, 1.165) is 25.9 Å². The zero-order chi connectivity index (χ0) is 16.0. The van der Waals surface area contributed by atoms with E-state index in [9.17, 15) is 4.79 Å². The lowest BCUT2D eigenvalue weighted by molar-refractivity contribution is 0.497. The molecule has 0 unspecified atom stereocenters. The minimum absolute atomic E-state index is 0.129. The normalized spacial score (nSPS) is 16.3. The first-order valence-electron chi connectivity index (χ1n) is 7.71. The van der Waals surface area contributed by atoms with Crippen LogP contribution in [0.4, 0.5) is 5.95 Å². The number of hydrogen-bond donors (Lipinski definition) is 1. The van der Waals surface area contributed by atoms with Crippen molar-refractivity contribution in [2.75, 3.05) is 18.0 Å². The summed E-state index contributed by atoms with van der Waals surface area (Å²) in [6, 6.07) is 0. The number of aromatic amines is 1. The Morgan fingerprint density at radius 3 is 2.78 bits per heavy atom. The van der Waals surface area contributed by atoms with E-state index in [4.69, 9.17) is 0 Å². The summed E-state index contributed by atoms with van der Waals surface area (Å²) >= 11 is 1.78. The van der Waals surface area contributed by atoms with E-state index >= 15 is 0 Å². The summed E-state index contributed by atoms with van der Waals surface area (Å²) in [4.78, 5) is 27.5. The fraction of sp³-hybridized carbons (Fsp3) is 0.467. The number of H-pyrrole nitrogens is 1. The first-order valence-corrected chi connectivity index (χ1v) is 8.53. The molecule has 3 aromatic heterocycles. The van der Waals surface area contributed by atoms with E-state index in [1.165, 1.54) is 9.88 Å². The smallest absolute Gasteiger partial charge is 0.263 e. The van der Waals surface area contributed by atoms with E-state index in [-0.39, 0.29) is 5.56 Å². The standard InChI is InChI=1S/C15H18N6OS/c1-9-7-16-14(23-9)10-3-5-21(6-4-10)15-18-12-11(13(22)19-15)8-17-20(12)2/h7-8,10H,3-6H2,1-2H3,(H,18,19,22). The molecule has 0 aliphatic carbocycles. The monoisotopic (exact) mass is 330 g/mol. The summed E-state index contributed by atoms with van der Waals surface area (Å²) in [5, 5.41) is 5.86. The molecule has 1 saturated heterocycles. The van der Waals surface area contributed by atoms with Crippen LogP contribution in [0.15, 0.2) is 17.2 Å².